The van der Waals surface area contributed by atoms with E-state index >= 15 is 0 Å². The highest BCUT2D eigenvalue weighted by molar-refractivity contribution is 6.11. The smallest absolute Gasteiger partial charge is 0.416 e. The maximum atomic E-state index is 13.2. The Bertz CT molecular complexity index is 1550. The number of hydrogen-bond acceptors (Lipinski definition) is 4. The molecule has 0 spiro atoms. The number of alkyl halides is 6. The van der Waals surface area contributed by atoms with Gasteiger partial charge in [-0.1, -0.05) is 36.1 Å². The zero-order valence-electron chi connectivity index (χ0n) is 21.2. The Morgan fingerprint density at radius 1 is 0.854 bits per heavy atom. The van der Waals surface area contributed by atoms with Crippen LogP contribution < -0.4 is 10.6 Å². The Kier molecular flexibility index (Phi) is 8.10. The molecule has 0 fully saturated rings. The highest BCUT2D eigenvalue weighted by Gasteiger charge is 2.37. The number of amides is 2. The summed E-state index contributed by atoms with van der Waals surface area (Å²) in [5.74, 6) is 3.67. The van der Waals surface area contributed by atoms with Crippen molar-refractivity contribution >= 4 is 29.2 Å². The van der Waals surface area contributed by atoms with Crippen molar-refractivity contribution in [3.63, 3.8) is 0 Å². The van der Waals surface area contributed by atoms with E-state index in [1.54, 1.807) is 24.3 Å². The Labute approximate surface area is 229 Å². The van der Waals surface area contributed by atoms with E-state index in [1.807, 2.05) is 5.32 Å². The van der Waals surface area contributed by atoms with E-state index in [-0.39, 0.29) is 22.9 Å². The molecule has 41 heavy (non-hydrogen) atoms. The minimum absolute atomic E-state index is 0.0472. The average Bonchev–Trinajstić information content (AvgIpc) is 2.91. The number of benzene rings is 3. The van der Waals surface area contributed by atoms with Crippen LogP contribution >= 0.6 is 0 Å². The maximum Gasteiger partial charge on any atom is 0.416 e. The quantitative estimate of drug-likeness (QED) is 0.158. The van der Waals surface area contributed by atoms with Crippen molar-refractivity contribution in [2.24, 2.45) is 5.92 Å². The molecule has 0 aromatic heterocycles. The van der Waals surface area contributed by atoms with E-state index in [9.17, 15) is 40.7 Å². The number of methoxy groups -OCH3 is 1. The summed E-state index contributed by atoms with van der Waals surface area (Å²) in [6.07, 6.45) is -9.40. The molecule has 0 radical (unpaired) electrons. The third-order valence-corrected chi connectivity index (χ3v) is 6.25. The lowest BCUT2D eigenvalue weighted by atomic mass is 9.80. The van der Waals surface area contributed by atoms with E-state index in [0.29, 0.717) is 36.1 Å². The van der Waals surface area contributed by atoms with Crippen molar-refractivity contribution in [1.82, 2.24) is 0 Å². The van der Waals surface area contributed by atoms with Crippen LogP contribution in [0, 0.1) is 17.8 Å². The van der Waals surface area contributed by atoms with Crippen LogP contribution in [0.5, 0.6) is 0 Å². The van der Waals surface area contributed by atoms with E-state index in [4.69, 9.17) is 4.74 Å². The molecule has 2 amide bonds. The molecule has 1 aliphatic carbocycles. The highest BCUT2D eigenvalue weighted by atomic mass is 19.4. The second kappa shape index (κ2) is 11.4. The van der Waals surface area contributed by atoms with Gasteiger partial charge in [-0.15, -0.1) is 0 Å². The lowest BCUT2D eigenvalue weighted by molar-refractivity contribution is -0.144. The fraction of sp³-hybridized carbons (Fsp3) is 0.207. The van der Waals surface area contributed by atoms with Crippen molar-refractivity contribution in [2.45, 2.75) is 25.2 Å². The van der Waals surface area contributed by atoms with Crippen molar-refractivity contribution in [1.29, 1.82) is 0 Å². The molecule has 6 nitrogen and oxygen atoms in total. The van der Waals surface area contributed by atoms with Gasteiger partial charge >= 0.3 is 24.4 Å². The highest BCUT2D eigenvalue weighted by Crippen LogP contribution is 2.37. The molecular weight excluding hydrogens is 554 g/mol. The number of anilines is 2. The van der Waals surface area contributed by atoms with E-state index in [2.05, 4.69) is 17.2 Å². The average molecular weight is 574 g/mol. The SMILES string of the molecule is COC(=O)C1CCc2cccc(C#Cc3ccccc3NC(=O)Nc3cc(C(F)(F)F)cc(C(F)(F)F)c3)c2C1=O. The molecule has 0 bridgehead atoms. The second-order valence-electron chi connectivity index (χ2n) is 8.99. The van der Waals surface area contributed by atoms with Crippen LogP contribution in [0.15, 0.2) is 60.7 Å². The molecule has 3 aromatic rings. The first kappa shape index (κ1) is 29.2. The Morgan fingerprint density at radius 2 is 1.46 bits per heavy atom. The number of halogens is 6. The zero-order valence-corrected chi connectivity index (χ0v) is 21.2. The number of ketones is 1. The monoisotopic (exact) mass is 574 g/mol. The van der Waals surface area contributed by atoms with Gasteiger partial charge < -0.3 is 15.4 Å². The van der Waals surface area contributed by atoms with Gasteiger partial charge in [-0.25, -0.2) is 4.79 Å². The number of esters is 1. The number of fused-ring (bicyclic) bond motifs is 1. The van der Waals surface area contributed by atoms with Crippen LogP contribution in [0.4, 0.5) is 42.5 Å². The predicted octanol–water partition coefficient (Wildman–Crippen LogP) is 6.69. The molecule has 3 aromatic carbocycles. The first-order valence-corrected chi connectivity index (χ1v) is 12.0. The van der Waals surface area contributed by atoms with Crippen molar-refractivity contribution < 1.29 is 45.5 Å². The standard InChI is InChI=1S/C29H20F6N2O4/c1-41-26(39)22-12-11-18-7-4-6-17(24(18)25(22)38)10-9-16-5-2-3-8-23(16)37-27(40)36-21-14-19(28(30,31)32)13-20(15-21)29(33,34)35/h2-8,13-15,22H,11-12H2,1H3,(H2,36,37,40). The van der Waals surface area contributed by atoms with E-state index in [1.165, 1.54) is 25.3 Å². The second-order valence-corrected chi connectivity index (χ2v) is 8.99. The number of aryl methyl sites for hydroxylation is 1. The number of hydrogen-bond donors (Lipinski definition) is 2. The topological polar surface area (TPSA) is 84.5 Å². The van der Waals surface area contributed by atoms with Crippen molar-refractivity contribution in [2.75, 3.05) is 17.7 Å². The van der Waals surface area contributed by atoms with Gasteiger partial charge in [0.1, 0.15) is 5.92 Å². The van der Waals surface area contributed by atoms with Gasteiger partial charge in [-0.05, 0) is 54.8 Å². The Morgan fingerprint density at radius 3 is 2.10 bits per heavy atom. The van der Waals surface area contributed by atoms with Gasteiger partial charge in [0.05, 0.1) is 23.9 Å². The molecule has 212 valence electrons. The number of para-hydroxylation sites is 1. The summed E-state index contributed by atoms with van der Waals surface area (Å²) in [6, 6.07) is 10.7. The lowest BCUT2D eigenvalue weighted by Gasteiger charge is -2.22. The Hall–Kier alpha value is -4.79. The van der Waals surface area contributed by atoms with Gasteiger partial charge in [0.25, 0.3) is 0 Å². The summed E-state index contributed by atoms with van der Waals surface area (Å²) < 4.78 is 83.6. The van der Waals surface area contributed by atoms with Crippen LogP contribution in [0.1, 0.15) is 44.6 Å². The molecule has 0 heterocycles. The van der Waals surface area contributed by atoms with Crippen molar-refractivity contribution in [3.8, 4) is 11.8 Å². The molecule has 2 N–H and O–H groups in total. The summed E-state index contributed by atoms with van der Waals surface area (Å²) in [5, 5.41) is 4.37. The van der Waals surface area contributed by atoms with Gasteiger partial charge in [0.15, 0.2) is 5.78 Å². The maximum absolute atomic E-state index is 13.2. The number of ether oxygens (including phenoxy) is 1. The fourth-order valence-electron chi connectivity index (χ4n) is 4.32. The number of Topliss-reactive ketones (excluding diaryl/α,β-unsaturated/α-hetero) is 1. The third-order valence-electron chi connectivity index (χ3n) is 6.25. The number of urea groups is 1. The largest absolute Gasteiger partial charge is 0.468 e. The van der Waals surface area contributed by atoms with E-state index < -0.39 is 52.9 Å². The normalized spacial score (nSPS) is 14.8. The first-order valence-electron chi connectivity index (χ1n) is 12.0. The van der Waals surface area contributed by atoms with Crippen LogP contribution in [-0.4, -0.2) is 24.9 Å². The predicted molar refractivity (Wildman–Crippen MR) is 136 cm³/mol. The fourth-order valence-corrected chi connectivity index (χ4v) is 4.32. The molecule has 1 atom stereocenters. The summed E-state index contributed by atoms with van der Waals surface area (Å²) >= 11 is 0. The number of rotatable bonds is 3. The summed E-state index contributed by atoms with van der Waals surface area (Å²) in [7, 11) is 1.19. The minimum atomic E-state index is -5.08. The third kappa shape index (κ3) is 6.69. The summed E-state index contributed by atoms with van der Waals surface area (Å²) in [5.41, 5.74) is -2.20. The molecule has 1 unspecified atom stereocenters. The number of nitrogens with one attached hydrogen (secondary N) is 2. The summed E-state index contributed by atoms with van der Waals surface area (Å²) in [6.45, 7) is 0. The lowest BCUT2D eigenvalue weighted by Crippen LogP contribution is -2.31. The Balaban J connectivity index is 1.60. The van der Waals surface area contributed by atoms with Gasteiger partial charge in [-0.3, -0.25) is 9.59 Å². The minimum Gasteiger partial charge on any atom is -0.468 e. The molecule has 0 aliphatic heterocycles. The van der Waals surface area contributed by atoms with Gasteiger partial charge in [-0.2, -0.15) is 26.3 Å². The molecular formula is C29H20F6N2O4. The van der Waals surface area contributed by atoms with Crippen LogP contribution in [0.3, 0.4) is 0 Å². The van der Waals surface area contributed by atoms with Gasteiger partial charge in [0.2, 0.25) is 0 Å². The molecule has 12 heteroatoms. The first-order chi connectivity index (χ1) is 19.3. The number of carbonyl (C=O) groups excluding carboxylic acids is 3. The zero-order chi connectivity index (χ0) is 29.9. The molecule has 4 rings (SSSR count). The van der Waals surface area contributed by atoms with E-state index in [0.717, 1.165) is 0 Å². The van der Waals surface area contributed by atoms with Crippen LogP contribution in [0.25, 0.3) is 0 Å². The van der Waals surface area contributed by atoms with Gasteiger partial charge in [0, 0.05) is 22.4 Å². The van der Waals surface area contributed by atoms with Crippen LogP contribution in [-0.2, 0) is 28.3 Å². The van der Waals surface area contributed by atoms with Crippen LogP contribution in [0.2, 0.25) is 0 Å². The van der Waals surface area contributed by atoms with Crippen molar-refractivity contribution in [3.05, 3.63) is 94.0 Å². The molecule has 0 saturated carbocycles. The molecule has 0 saturated heterocycles. The summed E-state index contributed by atoms with van der Waals surface area (Å²) in [4.78, 5) is 37.7. The number of carbonyl (C=O) groups is 3. The molecule has 1 aliphatic rings.